The van der Waals surface area contributed by atoms with E-state index in [1.165, 1.54) is 0 Å². The Hall–Kier alpha value is -1.50. The molecule has 1 aromatic carbocycles. The first-order chi connectivity index (χ1) is 11.2. The molecule has 1 fully saturated rings. The van der Waals surface area contributed by atoms with E-state index in [2.05, 4.69) is 44.3 Å². The molecule has 1 atom stereocenters. The number of halogens is 1. The number of nitrogens with one attached hydrogen (secondary N) is 1. The summed E-state index contributed by atoms with van der Waals surface area (Å²) in [4.78, 5) is 14.4. The highest BCUT2D eigenvalue weighted by molar-refractivity contribution is 7.98. The maximum atomic E-state index is 6.26. The van der Waals surface area contributed by atoms with Crippen molar-refractivity contribution in [3.63, 3.8) is 0 Å². The summed E-state index contributed by atoms with van der Waals surface area (Å²) in [6.45, 7) is 2.72. The zero-order chi connectivity index (χ0) is 16.2. The van der Waals surface area contributed by atoms with Crippen LogP contribution in [0.25, 0.3) is 0 Å². The Morgan fingerprint density at radius 3 is 2.74 bits per heavy atom. The molecular weight excluding hydrogens is 330 g/mol. The molecule has 0 saturated carbocycles. The quantitative estimate of drug-likeness (QED) is 0.676. The van der Waals surface area contributed by atoms with Gasteiger partial charge in [-0.3, -0.25) is 0 Å². The number of hydrogen-bond acceptors (Lipinski definition) is 6. The SMILES string of the molecule is CSc1cnc(N2CCN(C)CC2Nc2ccccc2)nc1Cl. The second-order valence-electron chi connectivity index (χ2n) is 5.51. The van der Waals surface area contributed by atoms with Crippen molar-refractivity contribution in [2.24, 2.45) is 0 Å². The Morgan fingerprint density at radius 2 is 2.04 bits per heavy atom. The molecule has 1 N–H and O–H groups in total. The monoisotopic (exact) mass is 349 g/mol. The molecule has 0 amide bonds. The molecule has 3 rings (SSSR count). The van der Waals surface area contributed by atoms with Crippen LogP contribution in [0.15, 0.2) is 41.4 Å². The minimum absolute atomic E-state index is 0.104. The predicted octanol–water partition coefficient (Wildman–Crippen LogP) is 3.04. The van der Waals surface area contributed by atoms with E-state index in [0.29, 0.717) is 11.1 Å². The van der Waals surface area contributed by atoms with Crippen LogP contribution in [0.1, 0.15) is 0 Å². The van der Waals surface area contributed by atoms with Crippen molar-refractivity contribution in [3.05, 3.63) is 41.7 Å². The van der Waals surface area contributed by atoms with Crippen molar-refractivity contribution in [1.29, 1.82) is 0 Å². The van der Waals surface area contributed by atoms with Gasteiger partial charge in [-0.15, -0.1) is 11.8 Å². The maximum Gasteiger partial charge on any atom is 0.228 e. The summed E-state index contributed by atoms with van der Waals surface area (Å²) in [5.41, 5.74) is 1.09. The summed E-state index contributed by atoms with van der Waals surface area (Å²) in [5.74, 6) is 0.675. The zero-order valence-corrected chi connectivity index (χ0v) is 14.8. The number of hydrogen-bond donors (Lipinski definition) is 1. The van der Waals surface area contributed by atoms with Crippen molar-refractivity contribution in [2.75, 3.05) is 43.2 Å². The van der Waals surface area contributed by atoms with E-state index in [-0.39, 0.29) is 6.17 Å². The molecule has 122 valence electrons. The molecule has 1 aliphatic rings. The van der Waals surface area contributed by atoms with Crippen LogP contribution in [0, 0.1) is 0 Å². The smallest absolute Gasteiger partial charge is 0.228 e. The summed E-state index contributed by atoms with van der Waals surface area (Å²) in [6.07, 6.45) is 3.87. The number of para-hydroxylation sites is 1. The number of benzene rings is 1. The minimum atomic E-state index is 0.104. The fourth-order valence-electron chi connectivity index (χ4n) is 2.63. The average Bonchev–Trinajstić information content (AvgIpc) is 2.56. The molecule has 2 aromatic rings. The first kappa shape index (κ1) is 16.4. The third-order valence-corrected chi connectivity index (χ3v) is 5.00. The van der Waals surface area contributed by atoms with E-state index in [1.54, 1.807) is 18.0 Å². The van der Waals surface area contributed by atoms with E-state index in [4.69, 9.17) is 11.6 Å². The largest absolute Gasteiger partial charge is 0.364 e. The lowest BCUT2D eigenvalue weighted by molar-refractivity contribution is 0.277. The van der Waals surface area contributed by atoms with Gasteiger partial charge in [0, 0.05) is 31.5 Å². The molecule has 2 heterocycles. The van der Waals surface area contributed by atoms with E-state index >= 15 is 0 Å². The third kappa shape index (κ3) is 3.88. The van der Waals surface area contributed by atoms with Crippen LogP contribution in [0.2, 0.25) is 5.15 Å². The van der Waals surface area contributed by atoms with E-state index in [9.17, 15) is 0 Å². The van der Waals surface area contributed by atoms with Gasteiger partial charge in [0.05, 0.1) is 4.90 Å². The standard InChI is InChI=1S/C16H20ClN5S/c1-21-8-9-22(16-18-10-13(23-2)15(17)20-16)14(11-21)19-12-6-4-3-5-7-12/h3-7,10,14,19H,8-9,11H2,1-2H3. The van der Waals surface area contributed by atoms with E-state index in [0.717, 1.165) is 30.2 Å². The molecule has 1 saturated heterocycles. The first-order valence-corrected chi connectivity index (χ1v) is 9.11. The van der Waals surface area contributed by atoms with Crippen LogP contribution >= 0.6 is 23.4 Å². The number of piperazine rings is 1. The van der Waals surface area contributed by atoms with Gasteiger partial charge in [-0.1, -0.05) is 29.8 Å². The van der Waals surface area contributed by atoms with Gasteiger partial charge < -0.3 is 15.1 Å². The lowest BCUT2D eigenvalue weighted by Crippen LogP contribution is -2.56. The number of anilines is 2. The van der Waals surface area contributed by atoms with Gasteiger partial charge in [-0.2, -0.15) is 4.98 Å². The Balaban J connectivity index is 1.84. The average molecular weight is 350 g/mol. The van der Waals surface area contributed by atoms with Crippen molar-refractivity contribution >= 4 is 35.0 Å². The second-order valence-corrected chi connectivity index (χ2v) is 6.72. The summed E-state index contributed by atoms with van der Waals surface area (Å²) < 4.78 is 0. The molecule has 1 aromatic heterocycles. The van der Waals surface area contributed by atoms with Gasteiger partial charge in [0.1, 0.15) is 11.3 Å². The molecular formula is C16H20ClN5S. The van der Waals surface area contributed by atoms with E-state index in [1.807, 2.05) is 24.5 Å². The van der Waals surface area contributed by atoms with Crippen LogP contribution < -0.4 is 10.2 Å². The van der Waals surface area contributed by atoms with Crippen molar-refractivity contribution in [1.82, 2.24) is 14.9 Å². The highest BCUT2D eigenvalue weighted by Crippen LogP contribution is 2.26. The van der Waals surface area contributed by atoms with Crippen LogP contribution in [0.5, 0.6) is 0 Å². The van der Waals surface area contributed by atoms with Gasteiger partial charge in [-0.25, -0.2) is 4.98 Å². The Morgan fingerprint density at radius 1 is 1.26 bits per heavy atom. The van der Waals surface area contributed by atoms with Gasteiger partial charge in [0.25, 0.3) is 0 Å². The number of nitrogens with zero attached hydrogens (tertiary/aromatic N) is 4. The van der Waals surface area contributed by atoms with Crippen LogP contribution in [-0.4, -0.2) is 54.0 Å². The van der Waals surface area contributed by atoms with Crippen LogP contribution in [-0.2, 0) is 0 Å². The summed E-state index contributed by atoms with van der Waals surface area (Å²) in [7, 11) is 2.13. The van der Waals surface area contributed by atoms with Crippen molar-refractivity contribution < 1.29 is 0 Å². The highest BCUT2D eigenvalue weighted by Gasteiger charge is 2.27. The van der Waals surface area contributed by atoms with Gasteiger partial charge in [0.15, 0.2) is 0 Å². The van der Waals surface area contributed by atoms with Gasteiger partial charge >= 0.3 is 0 Å². The fraction of sp³-hybridized carbons (Fsp3) is 0.375. The first-order valence-electron chi connectivity index (χ1n) is 7.50. The molecule has 5 nitrogen and oxygen atoms in total. The molecule has 0 spiro atoms. The predicted molar refractivity (Wildman–Crippen MR) is 97.5 cm³/mol. The Kier molecular flexibility index (Phi) is 5.25. The molecule has 0 bridgehead atoms. The number of likely N-dealkylation sites (N-methyl/N-ethyl adjacent to an activating group) is 1. The highest BCUT2D eigenvalue weighted by atomic mass is 35.5. The van der Waals surface area contributed by atoms with Crippen molar-refractivity contribution in [3.8, 4) is 0 Å². The fourth-order valence-corrected chi connectivity index (χ4v) is 3.35. The summed E-state index contributed by atoms with van der Waals surface area (Å²) in [5, 5.41) is 4.08. The minimum Gasteiger partial charge on any atom is -0.364 e. The molecule has 0 radical (unpaired) electrons. The molecule has 1 aliphatic heterocycles. The third-order valence-electron chi connectivity index (χ3n) is 3.87. The molecule has 7 heteroatoms. The number of rotatable bonds is 4. The number of thioether (sulfide) groups is 1. The summed E-state index contributed by atoms with van der Waals surface area (Å²) >= 11 is 7.81. The van der Waals surface area contributed by atoms with Crippen LogP contribution in [0.4, 0.5) is 11.6 Å². The molecule has 23 heavy (non-hydrogen) atoms. The summed E-state index contributed by atoms with van der Waals surface area (Å²) in [6, 6.07) is 10.2. The van der Waals surface area contributed by atoms with E-state index < -0.39 is 0 Å². The Bertz CT molecular complexity index is 654. The lowest BCUT2D eigenvalue weighted by atomic mass is 10.2. The maximum absolute atomic E-state index is 6.26. The normalized spacial score (nSPS) is 18.9. The molecule has 0 aliphatic carbocycles. The topological polar surface area (TPSA) is 44.3 Å². The second kappa shape index (κ2) is 7.38. The molecule has 1 unspecified atom stereocenters. The van der Waals surface area contributed by atoms with Gasteiger partial charge in [-0.05, 0) is 25.4 Å². The van der Waals surface area contributed by atoms with Gasteiger partial charge in [0.2, 0.25) is 5.95 Å². The lowest BCUT2D eigenvalue weighted by Gasteiger charge is -2.40. The van der Waals surface area contributed by atoms with Crippen LogP contribution in [0.3, 0.4) is 0 Å². The Labute approximate surface area is 146 Å². The zero-order valence-electron chi connectivity index (χ0n) is 13.2. The van der Waals surface area contributed by atoms with Crippen molar-refractivity contribution in [2.45, 2.75) is 11.1 Å². The number of aromatic nitrogens is 2.